The highest BCUT2D eigenvalue weighted by atomic mass is 35.5. The van der Waals surface area contributed by atoms with Crippen molar-refractivity contribution in [1.82, 2.24) is 9.97 Å². The summed E-state index contributed by atoms with van der Waals surface area (Å²) in [5.74, 6) is 1.41. The van der Waals surface area contributed by atoms with Gasteiger partial charge in [0.1, 0.15) is 12.4 Å². The molecule has 4 nitrogen and oxygen atoms in total. The second kappa shape index (κ2) is 5.80. The number of hydrogen-bond acceptors (Lipinski definition) is 4. The molecular weight excluding hydrogens is 250 g/mol. The van der Waals surface area contributed by atoms with E-state index in [0.717, 1.165) is 17.1 Å². The molecule has 0 aliphatic heterocycles. The number of nitrogens with one attached hydrogen (secondary N) is 1. The van der Waals surface area contributed by atoms with E-state index in [4.69, 9.17) is 16.3 Å². The third-order valence-electron chi connectivity index (χ3n) is 2.44. The van der Waals surface area contributed by atoms with Gasteiger partial charge in [0.05, 0.1) is 5.69 Å². The third-order valence-corrected chi connectivity index (χ3v) is 2.69. The summed E-state index contributed by atoms with van der Waals surface area (Å²) in [6, 6.07) is 9.44. The Bertz CT molecular complexity index is 528. The van der Waals surface area contributed by atoms with Crippen LogP contribution < -0.4 is 5.32 Å². The molecule has 1 N–H and O–H groups in total. The molecule has 0 fully saturated rings. The first-order valence-corrected chi connectivity index (χ1v) is 5.91. The van der Waals surface area contributed by atoms with Crippen molar-refractivity contribution in [2.75, 3.05) is 19.5 Å². The molecule has 18 heavy (non-hydrogen) atoms. The number of benzene rings is 1. The Hall–Kier alpha value is -1.65. The van der Waals surface area contributed by atoms with Crippen molar-refractivity contribution in [2.24, 2.45) is 0 Å². The number of halogens is 1. The summed E-state index contributed by atoms with van der Waals surface area (Å²) < 4.78 is 5.06. The van der Waals surface area contributed by atoms with E-state index >= 15 is 0 Å². The van der Waals surface area contributed by atoms with Gasteiger partial charge in [-0.05, 0) is 12.1 Å². The second-order valence-electron chi connectivity index (χ2n) is 3.74. The number of hydrogen-bond donors (Lipinski definition) is 1. The van der Waals surface area contributed by atoms with Gasteiger partial charge in [0, 0.05) is 30.8 Å². The first-order valence-electron chi connectivity index (χ1n) is 5.53. The largest absolute Gasteiger partial charge is 0.377 e. The molecular formula is C13H14ClN3O. The van der Waals surface area contributed by atoms with Gasteiger partial charge in [-0.15, -0.1) is 0 Å². The third kappa shape index (κ3) is 2.97. The Kier molecular flexibility index (Phi) is 4.12. The predicted octanol–water partition coefficient (Wildman–Crippen LogP) is 2.99. The number of aromatic nitrogens is 2. The van der Waals surface area contributed by atoms with E-state index < -0.39 is 0 Å². The van der Waals surface area contributed by atoms with Crippen LogP contribution in [-0.2, 0) is 11.3 Å². The predicted molar refractivity (Wildman–Crippen MR) is 72.7 cm³/mol. The molecule has 0 saturated carbocycles. The zero-order valence-corrected chi connectivity index (χ0v) is 11.0. The molecule has 0 saturated heterocycles. The normalized spacial score (nSPS) is 10.4. The number of ether oxygens (including phenoxy) is 1. The molecule has 0 spiro atoms. The lowest BCUT2D eigenvalue weighted by molar-refractivity contribution is 0.178. The SMILES string of the molecule is CNc1cc(-c2ccc(Cl)cc2)nc(COC)n1. The van der Waals surface area contributed by atoms with E-state index in [9.17, 15) is 0 Å². The minimum atomic E-state index is 0.385. The first kappa shape index (κ1) is 12.8. The standard InChI is InChI=1S/C13H14ClN3O/c1-15-12-7-11(16-13(17-12)8-18-2)9-3-5-10(14)6-4-9/h3-7H,8H2,1-2H3,(H,15,16,17). The van der Waals surface area contributed by atoms with Crippen molar-refractivity contribution in [3.05, 3.63) is 41.2 Å². The molecule has 1 aromatic heterocycles. The highest BCUT2D eigenvalue weighted by Gasteiger charge is 2.06. The van der Waals surface area contributed by atoms with Crippen molar-refractivity contribution in [1.29, 1.82) is 0 Å². The zero-order valence-electron chi connectivity index (χ0n) is 10.3. The maximum atomic E-state index is 5.87. The molecule has 0 unspecified atom stereocenters. The van der Waals surface area contributed by atoms with E-state index in [1.165, 1.54) is 0 Å². The molecule has 1 heterocycles. The van der Waals surface area contributed by atoms with Crippen LogP contribution in [0.1, 0.15) is 5.82 Å². The average Bonchev–Trinajstić information content (AvgIpc) is 2.39. The maximum Gasteiger partial charge on any atom is 0.157 e. The minimum absolute atomic E-state index is 0.385. The maximum absolute atomic E-state index is 5.87. The van der Waals surface area contributed by atoms with Crippen molar-refractivity contribution in [3.8, 4) is 11.3 Å². The van der Waals surface area contributed by atoms with Gasteiger partial charge in [0.15, 0.2) is 5.82 Å². The molecule has 2 rings (SSSR count). The lowest BCUT2D eigenvalue weighted by Crippen LogP contribution is -2.02. The molecule has 0 bridgehead atoms. The van der Waals surface area contributed by atoms with Crippen molar-refractivity contribution < 1.29 is 4.74 Å². The van der Waals surface area contributed by atoms with Gasteiger partial charge in [0.2, 0.25) is 0 Å². The summed E-state index contributed by atoms with van der Waals surface area (Å²) in [4.78, 5) is 8.76. The molecule has 2 aromatic rings. The van der Waals surface area contributed by atoms with Gasteiger partial charge in [-0.25, -0.2) is 9.97 Å². The highest BCUT2D eigenvalue weighted by Crippen LogP contribution is 2.21. The summed E-state index contributed by atoms with van der Waals surface area (Å²) in [7, 11) is 3.45. The van der Waals surface area contributed by atoms with Gasteiger partial charge in [0.25, 0.3) is 0 Å². The molecule has 0 radical (unpaired) electrons. The van der Waals surface area contributed by atoms with Gasteiger partial charge < -0.3 is 10.1 Å². The van der Waals surface area contributed by atoms with Crippen LogP contribution in [0.5, 0.6) is 0 Å². The molecule has 5 heteroatoms. The first-order chi connectivity index (χ1) is 8.72. The number of anilines is 1. The van der Waals surface area contributed by atoms with Crippen LogP contribution in [-0.4, -0.2) is 24.1 Å². The lowest BCUT2D eigenvalue weighted by atomic mass is 10.1. The van der Waals surface area contributed by atoms with Crippen molar-refractivity contribution in [2.45, 2.75) is 6.61 Å². The Morgan fingerprint density at radius 1 is 1.22 bits per heavy atom. The van der Waals surface area contributed by atoms with Crippen LogP contribution in [0.3, 0.4) is 0 Å². The van der Waals surface area contributed by atoms with E-state index in [0.29, 0.717) is 17.5 Å². The smallest absolute Gasteiger partial charge is 0.157 e. The monoisotopic (exact) mass is 263 g/mol. The molecule has 0 aliphatic rings. The van der Waals surface area contributed by atoms with E-state index in [2.05, 4.69) is 15.3 Å². The van der Waals surface area contributed by atoms with Crippen LogP contribution in [0.2, 0.25) is 5.02 Å². The Morgan fingerprint density at radius 2 is 1.94 bits per heavy atom. The van der Waals surface area contributed by atoms with Gasteiger partial charge in [-0.2, -0.15) is 0 Å². The van der Waals surface area contributed by atoms with Crippen LogP contribution in [0, 0.1) is 0 Å². The minimum Gasteiger partial charge on any atom is -0.377 e. The Morgan fingerprint density at radius 3 is 2.56 bits per heavy atom. The van der Waals surface area contributed by atoms with Gasteiger partial charge in [-0.1, -0.05) is 23.7 Å². The fourth-order valence-corrected chi connectivity index (χ4v) is 1.71. The van der Waals surface area contributed by atoms with E-state index in [-0.39, 0.29) is 0 Å². The topological polar surface area (TPSA) is 47.0 Å². The number of methoxy groups -OCH3 is 1. The summed E-state index contributed by atoms with van der Waals surface area (Å²) in [5, 5.41) is 3.72. The summed E-state index contributed by atoms with van der Waals surface area (Å²) >= 11 is 5.87. The molecule has 0 aliphatic carbocycles. The summed E-state index contributed by atoms with van der Waals surface area (Å²) in [6.07, 6.45) is 0. The van der Waals surface area contributed by atoms with Crippen LogP contribution in [0.4, 0.5) is 5.82 Å². The van der Waals surface area contributed by atoms with E-state index in [1.54, 1.807) is 7.11 Å². The lowest BCUT2D eigenvalue weighted by Gasteiger charge is -2.07. The quantitative estimate of drug-likeness (QED) is 0.921. The average molecular weight is 264 g/mol. The van der Waals surface area contributed by atoms with Gasteiger partial charge >= 0.3 is 0 Å². The fourth-order valence-electron chi connectivity index (χ4n) is 1.59. The summed E-state index contributed by atoms with van der Waals surface area (Å²) in [5.41, 5.74) is 1.84. The highest BCUT2D eigenvalue weighted by molar-refractivity contribution is 6.30. The number of rotatable bonds is 4. The Labute approximate surface area is 111 Å². The molecule has 0 atom stereocenters. The fraction of sp³-hybridized carbons (Fsp3) is 0.231. The van der Waals surface area contributed by atoms with Crippen molar-refractivity contribution >= 4 is 17.4 Å². The second-order valence-corrected chi connectivity index (χ2v) is 4.18. The molecule has 94 valence electrons. The van der Waals surface area contributed by atoms with Gasteiger partial charge in [-0.3, -0.25) is 0 Å². The Balaban J connectivity index is 2.42. The van der Waals surface area contributed by atoms with Crippen LogP contribution >= 0.6 is 11.6 Å². The number of nitrogens with zero attached hydrogens (tertiary/aromatic N) is 2. The van der Waals surface area contributed by atoms with Crippen LogP contribution in [0.15, 0.2) is 30.3 Å². The molecule has 0 amide bonds. The molecule has 1 aromatic carbocycles. The van der Waals surface area contributed by atoms with E-state index in [1.807, 2.05) is 37.4 Å². The summed E-state index contributed by atoms with van der Waals surface area (Å²) in [6.45, 7) is 0.385. The zero-order chi connectivity index (χ0) is 13.0. The van der Waals surface area contributed by atoms with Crippen LogP contribution in [0.25, 0.3) is 11.3 Å². The van der Waals surface area contributed by atoms with Crippen molar-refractivity contribution in [3.63, 3.8) is 0 Å².